The number of nitro groups is 1. The molecule has 0 bridgehead atoms. The molecule has 0 aromatic heterocycles. The third kappa shape index (κ3) is 3.99. The van der Waals surface area contributed by atoms with Crippen LogP contribution in [0.1, 0.15) is 23.2 Å². The first-order chi connectivity index (χ1) is 11.4. The molecule has 1 aliphatic rings. The van der Waals surface area contributed by atoms with Crippen molar-refractivity contribution in [3.05, 3.63) is 33.9 Å². The van der Waals surface area contributed by atoms with Gasteiger partial charge in [0.2, 0.25) is 0 Å². The predicted octanol–water partition coefficient (Wildman–Crippen LogP) is 1.02. The Bertz CT molecular complexity index is 642. The third-order valence-corrected chi connectivity index (χ3v) is 3.89. The van der Waals surface area contributed by atoms with Crippen molar-refractivity contribution in [2.24, 2.45) is 0 Å². The molecule has 0 spiro atoms. The summed E-state index contributed by atoms with van der Waals surface area (Å²) in [5.74, 6) is -1.79. The lowest BCUT2D eigenvalue weighted by Gasteiger charge is -2.18. The number of methoxy groups -OCH3 is 1. The van der Waals surface area contributed by atoms with Crippen LogP contribution in [0.25, 0.3) is 0 Å². The number of hydrogen-bond acceptors (Lipinski definition) is 6. The van der Waals surface area contributed by atoms with E-state index in [1.807, 2.05) is 4.90 Å². The molecular formula is C15H19N3O6. The van der Waals surface area contributed by atoms with Crippen molar-refractivity contribution in [1.29, 1.82) is 0 Å². The number of hydrogen-bond donors (Lipinski definition) is 2. The lowest BCUT2D eigenvalue weighted by Crippen LogP contribution is -2.37. The number of aliphatic carboxylic acids is 1. The molecule has 1 heterocycles. The quantitative estimate of drug-likeness (QED) is 0.562. The van der Waals surface area contributed by atoms with Crippen LogP contribution in [0, 0.1) is 10.1 Å². The van der Waals surface area contributed by atoms with Gasteiger partial charge in [-0.1, -0.05) is 0 Å². The van der Waals surface area contributed by atoms with Crippen molar-refractivity contribution in [1.82, 2.24) is 5.32 Å². The second-order valence-corrected chi connectivity index (χ2v) is 5.43. The molecule has 9 nitrogen and oxygen atoms in total. The lowest BCUT2D eigenvalue weighted by atomic mass is 10.1. The van der Waals surface area contributed by atoms with Crippen LogP contribution in [0.3, 0.4) is 0 Å². The summed E-state index contributed by atoms with van der Waals surface area (Å²) in [5, 5.41) is 22.6. The van der Waals surface area contributed by atoms with Gasteiger partial charge in [-0.05, 0) is 25.0 Å². The first-order valence-corrected chi connectivity index (χ1v) is 7.51. The minimum atomic E-state index is -1.20. The molecule has 1 saturated heterocycles. The van der Waals surface area contributed by atoms with Gasteiger partial charge in [-0.15, -0.1) is 0 Å². The molecule has 1 aliphatic heterocycles. The average molecular weight is 337 g/mol. The van der Waals surface area contributed by atoms with Crippen molar-refractivity contribution in [2.45, 2.75) is 18.9 Å². The molecule has 1 atom stereocenters. The van der Waals surface area contributed by atoms with Gasteiger partial charge in [0.1, 0.15) is 5.69 Å². The summed E-state index contributed by atoms with van der Waals surface area (Å²) in [6, 6.07) is 4.27. The van der Waals surface area contributed by atoms with Gasteiger partial charge in [-0.3, -0.25) is 14.9 Å². The van der Waals surface area contributed by atoms with Crippen molar-refractivity contribution in [3.63, 3.8) is 0 Å². The van der Waals surface area contributed by atoms with E-state index < -0.39 is 22.9 Å². The van der Waals surface area contributed by atoms with Gasteiger partial charge in [0, 0.05) is 31.8 Å². The molecule has 1 fully saturated rings. The highest BCUT2D eigenvalue weighted by Crippen LogP contribution is 2.31. The Kier molecular flexibility index (Phi) is 5.69. The standard InChI is InChI=1S/C15H19N3O6/c1-24-13(15(20)21)9-16-14(19)10-4-5-11(12(8-10)18(22)23)17-6-2-3-7-17/h4-5,8,13H,2-3,6-7,9H2,1H3,(H,16,19)(H,20,21). The number of carboxylic acids is 1. The van der Waals surface area contributed by atoms with Crippen LogP contribution in [-0.4, -0.2) is 54.8 Å². The summed E-state index contributed by atoms with van der Waals surface area (Å²) in [6.07, 6.45) is 0.785. The van der Waals surface area contributed by atoms with Crippen LogP contribution in [-0.2, 0) is 9.53 Å². The zero-order valence-electron chi connectivity index (χ0n) is 13.2. The second-order valence-electron chi connectivity index (χ2n) is 5.43. The summed E-state index contributed by atoms with van der Waals surface area (Å²) in [7, 11) is 1.22. The molecule has 24 heavy (non-hydrogen) atoms. The van der Waals surface area contributed by atoms with Crippen LogP contribution in [0.5, 0.6) is 0 Å². The fraction of sp³-hybridized carbons (Fsp3) is 0.467. The molecule has 0 saturated carbocycles. The summed E-state index contributed by atoms with van der Waals surface area (Å²) < 4.78 is 4.72. The fourth-order valence-electron chi connectivity index (χ4n) is 2.60. The Balaban J connectivity index is 2.15. The van der Waals surface area contributed by atoms with Crippen LogP contribution in [0.4, 0.5) is 11.4 Å². The number of amides is 1. The van der Waals surface area contributed by atoms with Gasteiger partial charge in [-0.25, -0.2) is 4.79 Å². The first-order valence-electron chi connectivity index (χ1n) is 7.51. The highest BCUT2D eigenvalue weighted by Gasteiger charge is 2.24. The van der Waals surface area contributed by atoms with E-state index in [0.717, 1.165) is 25.9 Å². The molecule has 0 aliphatic carbocycles. The van der Waals surface area contributed by atoms with Gasteiger partial charge < -0.3 is 20.1 Å². The summed E-state index contributed by atoms with van der Waals surface area (Å²) >= 11 is 0. The minimum absolute atomic E-state index is 0.102. The molecule has 0 radical (unpaired) electrons. The van der Waals surface area contributed by atoms with E-state index in [-0.39, 0.29) is 17.8 Å². The maximum atomic E-state index is 12.1. The van der Waals surface area contributed by atoms with Gasteiger partial charge >= 0.3 is 5.97 Å². The van der Waals surface area contributed by atoms with Crippen molar-refractivity contribution in [2.75, 3.05) is 31.6 Å². The Morgan fingerprint density at radius 3 is 2.62 bits per heavy atom. The van der Waals surface area contributed by atoms with Crippen LogP contribution >= 0.6 is 0 Å². The molecule has 2 rings (SSSR count). The minimum Gasteiger partial charge on any atom is -0.479 e. The SMILES string of the molecule is COC(CNC(=O)c1ccc(N2CCCC2)c([N+](=O)[O-])c1)C(=O)O. The number of nitrogens with one attached hydrogen (secondary N) is 1. The lowest BCUT2D eigenvalue weighted by molar-refractivity contribution is -0.384. The van der Waals surface area contributed by atoms with E-state index in [2.05, 4.69) is 5.32 Å². The monoisotopic (exact) mass is 337 g/mol. The highest BCUT2D eigenvalue weighted by molar-refractivity contribution is 5.96. The van der Waals surface area contributed by atoms with E-state index >= 15 is 0 Å². The van der Waals surface area contributed by atoms with Crippen LogP contribution < -0.4 is 10.2 Å². The molecule has 9 heteroatoms. The largest absolute Gasteiger partial charge is 0.479 e. The number of carbonyl (C=O) groups is 2. The van der Waals surface area contributed by atoms with E-state index in [4.69, 9.17) is 9.84 Å². The Labute approximate surface area is 138 Å². The van der Waals surface area contributed by atoms with E-state index in [9.17, 15) is 19.7 Å². The molecule has 130 valence electrons. The summed E-state index contributed by atoms with van der Waals surface area (Å²) in [5.41, 5.74) is 0.463. The van der Waals surface area contributed by atoms with Crippen LogP contribution in [0.15, 0.2) is 18.2 Å². The topological polar surface area (TPSA) is 122 Å². The number of rotatable bonds is 7. The molecule has 1 aromatic carbocycles. The predicted molar refractivity (Wildman–Crippen MR) is 85.3 cm³/mol. The summed E-state index contributed by atoms with van der Waals surface area (Å²) in [4.78, 5) is 35.7. The smallest absolute Gasteiger partial charge is 0.334 e. The van der Waals surface area contributed by atoms with Crippen molar-refractivity contribution >= 4 is 23.3 Å². The molecular weight excluding hydrogens is 318 g/mol. The number of ether oxygens (including phenoxy) is 1. The first kappa shape index (κ1) is 17.7. The van der Waals surface area contributed by atoms with Crippen LogP contribution in [0.2, 0.25) is 0 Å². The molecule has 1 aromatic rings. The third-order valence-electron chi connectivity index (χ3n) is 3.89. The fourth-order valence-corrected chi connectivity index (χ4v) is 2.60. The number of nitrogens with zero attached hydrogens (tertiary/aromatic N) is 2. The van der Waals surface area contributed by atoms with Crippen molar-refractivity contribution < 1.29 is 24.4 Å². The summed E-state index contributed by atoms with van der Waals surface area (Å²) in [6.45, 7) is 1.27. The number of benzene rings is 1. The zero-order valence-corrected chi connectivity index (χ0v) is 13.2. The number of anilines is 1. The molecule has 2 N–H and O–H groups in total. The maximum absolute atomic E-state index is 12.1. The maximum Gasteiger partial charge on any atom is 0.334 e. The number of carbonyl (C=O) groups excluding carboxylic acids is 1. The number of carboxylic acid groups (broad SMARTS) is 1. The molecule has 1 amide bonds. The van der Waals surface area contributed by atoms with Gasteiger partial charge in [0.25, 0.3) is 11.6 Å². The second kappa shape index (κ2) is 7.73. The van der Waals surface area contributed by atoms with E-state index in [1.165, 1.54) is 19.2 Å². The number of nitro benzene ring substituents is 1. The van der Waals surface area contributed by atoms with Crippen molar-refractivity contribution in [3.8, 4) is 0 Å². The molecule has 1 unspecified atom stereocenters. The normalized spacial score (nSPS) is 15.1. The average Bonchev–Trinajstić information content (AvgIpc) is 3.08. The van der Waals surface area contributed by atoms with E-state index in [1.54, 1.807) is 6.07 Å². The van der Waals surface area contributed by atoms with E-state index in [0.29, 0.717) is 5.69 Å². The zero-order chi connectivity index (χ0) is 17.7. The van der Waals surface area contributed by atoms with Gasteiger partial charge in [0.05, 0.1) is 11.5 Å². The van der Waals surface area contributed by atoms with Gasteiger partial charge in [0.15, 0.2) is 6.10 Å². The Hall–Kier alpha value is -2.68. The Morgan fingerprint density at radius 1 is 1.42 bits per heavy atom. The Morgan fingerprint density at radius 2 is 2.08 bits per heavy atom. The highest BCUT2D eigenvalue weighted by atomic mass is 16.6. The van der Waals surface area contributed by atoms with Gasteiger partial charge in [-0.2, -0.15) is 0 Å².